The minimum atomic E-state index is -0.777. The van der Waals surface area contributed by atoms with Crippen molar-refractivity contribution in [2.75, 3.05) is 40.5 Å². The molecule has 3 aliphatic heterocycles. The number of carbonyl (C=O) groups is 4. The van der Waals surface area contributed by atoms with E-state index in [1.807, 2.05) is 50.8 Å². The number of nitrogens with one attached hydrogen (secondary N) is 4. The molecule has 5 atom stereocenters. The Balaban J connectivity index is 1.13. The summed E-state index contributed by atoms with van der Waals surface area (Å²) in [4.78, 5) is 64.1. The standard InChI is InChI=1S/C42H54N8O8/c1-23(2)35(45-41(53)55-5)39(51)49-14-7-9-33(49)31-20-30(47-48-31)27-12-10-26-18-28(13-11-25(26)17-27)37-32-22-57-15-8-16-58-29-19-34(38(43-32)44-37)50(21-29)40(52)36(24(3)4)46-42(54)56-6/h10-13,17-18,20,23-24,29,33-36H,7-9,14-16,19,21-22H2,1-6H3,(H,43,44)(H,45,53)(H,46,54)(H,47,48)/t29-,33-,34-,35+,36-/m0/s1. The van der Waals surface area contributed by atoms with Crippen LogP contribution in [-0.4, -0.2) is 113 Å². The number of hydrogen-bond donors (Lipinski definition) is 4. The minimum absolute atomic E-state index is 0.116. The van der Waals surface area contributed by atoms with Crippen molar-refractivity contribution >= 4 is 34.8 Å². The first kappa shape index (κ1) is 40.7. The number of likely N-dealkylation sites (tertiary alicyclic amines) is 2. The number of rotatable bonds is 9. The van der Waals surface area contributed by atoms with Crippen LogP contribution in [0.3, 0.4) is 0 Å². The zero-order valence-corrected chi connectivity index (χ0v) is 34.0. The van der Waals surface area contributed by atoms with Gasteiger partial charge in [0.1, 0.15) is 17.9 Å². The van der Waals surface area contributed by atoms with Gasteiger partial charge in [0.25, 0.3) is 0 Å². The Labute approximate surface area is 337 Å². The largest absolute Gasteiger partial charge is 0.453 e. The summed E-state index contributed by atoms with van der Waals surface area (Å²) in [7, 11) is 2.57. The highest BCUT2D eigenvalue weighted by Crippen LogP contribution is 2.38. The van der Waals surface area contributed by atoms with Crippen LogP contribution in [0.2, 0.25) is 0 Å². The smallest absolute Gasteiger partial charge is 0.407 e. The van der Waals surface area contributed by atoms with E-state index in [9.17, 15) is 19.2 Å². The maximum Gasteiger partial charge on any atom is 0.407 e. The molecule has 310 valence electrons. The zero-order valence-electron chi connectivity index (χ0n) is 34.0. The van der Waals surface area contributed by atoms with Crippen LogP contribution in [0.25, 0.3) is 33.3 Å². The maximum absolute atomic E-state index is 14.1. The van der Waals surface area contributed by atoms with E-state index in [1.54, 1.807) is 4.90 Å². The molecule has 3 aliphatic rings. The van der Waals surface area contributed by atoms with E-state index in [0.717, 1.165) is 57.5 Å². The number of H-pyrrole nitrogens is 2. The molecule has 16 heteroatoms. The minimum Gasteiger partial charge on any atom is -0.453 e. The SMILES string of the molecule is COC(=O)N[C@H](C(=O)N1C[C@@H]2C[C@H]1c1nc(-c3ccc4cc(-c5cc([C@@H]6CCCN6C(=O)[C@H](NC(=O)OC)C(C)C)[nH]n5)ccc4c3)c([nH]1)COCCCO2)C(C)C. The lowest BCUT2D eigenvalue weighted by Gasteiger charge is -2.30. The van der Waals surface area contributed by atoms with Gasteiger partial charge in [-0.1, -0.05) is 52.0 Å². The zero-order chi connectivity index (χ0) is 41.1. The van der Waals surface area contributed by atoms with Crippen LogP contribution >= 0.6 is 0 Å². The van der Waals surface area contributed by atoms with E-state index >= 15 is 0 Å². The molecule has 4 bridgehead atoms. The number of imidazole rings is 1. The van der Waals surface area contributed by atoms with E-state index in [4.69, 9.17) is 23.9 Å². The number of alkyl carbamates (subject to hydrolysis) is 2. The quantitative estimate of drug-likeness (QED) is 0.165. The molecule has 0 radical (unpaired) electrons. The molecule has 16 nitrogen and oxygen atoms in total. The molecule has 0 spiro atoms. The fourth-order valence-electron chi connectivity index (χ4n) is 8.25. The summed E-state index contributed by atoms with van der Waals surface area (Å²) >= 11 is 0. The molecule has 2 saturated heterocycles. The molecular formula is C42H54N8O8. The van der Waals surface area contributed by atoms with Crippen molar-refractivity contribution in [2.45, 2.75) is 90.3 Å². The average molecular weight is 799 g/mol. The number of carbonyl (C=O) groups excluding carboxylic acids is 4. The maximum atomic E-state index is 14.1. The molecule has 4 amide bonds. The van der Waals surface area contributed by atoms with Crippen molar-refractivity contribution < 1.29 is 38.1 Å². The first-order valence-electron chi connectivity index (χ1n) is 20.1. The molecule has 7 rings (SSSR count). The van der Waals surface area contributed by atoms with Crippen molar-refractivity contribution in [1.82, 2.24) is 40.6 Å². The monoisotopic (exact) mass is 798 g/mol. The molecular weight excluding hydrogens is 745 g/mol. The van der Waals surface area contributed by atoms with E-state index in [-0.39, 0.29) is 35.8 Å². The fourth-order valence-corrected chi connectivity index (χ4v) is 8.25. The molecule has 2 aromatic carbocycles. The molecule has 0 saturated carbocycles. The highest BCUT2D eigenvalue weighted by Gasteiger charge is 2.43. The summed E-state index contributed by atoms with van der Waals surface area (Å²) in [6, 6.07) is 12.3. The highest BCUT2D eigenvalue weighted by molar-refractivity contribution is 5.91. The van der Waals surface area contributed by atoms with Gasteiger partial charge in [0, 0.05) is 43.9 Å². The summed E-state index contributed by atoms with van der Waals surface area (Å²) in [5, 5.41) is 15.3. The summed E-state index contributed by atoms with van der Waals surface area (Å²) in [5.74, 6) is -0.00363. The van der Waals surface area contributed by atoms with Crippen molar-refractivity contribution in [3.63, 3.8) is 0 Å². The number of aromatic amines is 2. The number of methoxy groups -OCH3 is 2. The Hall–Kier alpha value is -5.48. The second-order valence-corrected chi connectivity index (χ2v) is 16.0. The number of ether oxygens (including phenoxy) is 4. The molecule has 0 unspecified atom stereocenters. The molecule has 4 N–H and O–H groups in total. The second-order valence-electron chi connectivity index (χ2n) is 16.0. The Morgan fingerprint density at radius 3 is 2.16 bits per heavy atom. The van der Waals surface area contributed by atoms with Gasteiger partial charge in [0.15, 0.2) is 0 Å². The molecule has 5 heterocycles. The molecule has 2 fully saturated rings. The molecule has 4 aromatic rings. The van der Waals surface area contributed by atoms with Gasteiger partial charge in [-0.15, -0.1) is 0 Å². The van der Waals surface area contributed by atoms with Gasteiger partial charge in [-0.25, -0.2) is 14.6 Å². The van der Waals surface area contributed by atoms with Gasteiger partial charge in [-0.3, -0.25) is 14.7 Å². The Morgan fingerprint density at radius 2 is 1.48 bits per heavy atom. The van der Waals surface area contributed by atoms with E-state index < -0.39 is 30.3 Å². The third-order valence-corrected chi connectivity index (χ3v) is 11.4. The number of amides is 4. The van der Waals surface area contributed by atoms with Crippen LogP contribution in [0, 0.1) is 11.8 Å². The molecule has 58 heavy (non-hydrogen) atoms. The highest BCUT2D eigenvalue weighted by atomic mass is 16.5. The van der Waals surface area contributed by atoms with Crippen LogP contribution in [0.1, 0.15) is 82.7 Å². The third-order valence-electron chi connectivity index (χ3n) is 11.4. The van der Waals surface area contributed by atoms with Crippen LogP contribution < -0.4 is 10.6 Å². The van der Waals surface area contributed by atoms with Gasteiger partial charge >= 0.3 is 12.2 Å². The van der Waals surface area contributed by atoms with Crippen LogP contribution in [0.15, 0.2) is 42.5 Å². The molecule has 2 aromatic heterocycles. The van der Waals surface area contributed by atoms with Gasteiger partial charge < -0.3 is 44.4 Å². The summed E-state index contributed by atoms with van der Waals surface area (Å²) in [5.41, 5.74) is 5.01. The summed E-state index contributed by atoms with van der Waals surface area (Å²) < 4.78 is 21.9. The first-order valence-corrected chi connectivity index (χ1v) is 20.1. The van der Waals surface area contributed by atoms with Crippen LogP contribution in [0.5, 0.6) is 0 Å². The number of fused-ring (bicyclic) bond motifs is 6. The number of benzene rings is 2. The van der Waals surface area contributed by atoms with E-state index in [1.165, 1.54) is 14.2 Å². The number of nitrogens with zero attached hydrogens (tertiary/aromatic N) is 4. The third kappa shape index (κ3) is 8.53. The van der Waals surface area contributed by atoms with Crippen molar-refractivity contribution in [3.8, 4) is 22.5 Å². The topological polar surface area (TPSA) is 193 Å². The fraction of sp³-hybridized carbons (Fsp3) is 0.524. The average Bonchev–Trinajstić information content (AvgIpc) is 4.05. The van der Waals surface area contributed by atoms with E-state index in [0.29, 0.717) is 51.6 Å². The Morgan fingerprint density at radius 1 is 0.828 bits per heavy atom. The van der Waals surface area contributed by atoms with Crippen molar-refractivity contribution in [1.29, 1.82) is 0 Å². The Kier molecular flexibility index (Phi) is 12.3. The lowest BCUT2D eigenvalue weighted by molar-refractivity contribution is -0.136. The lowest BCUT2D eigenvalue weighted by atomic mass is 10.0. The van der Waals surface area contributed by atoms with Crippen molar-refractivity contribution in [2.24, 2.45) is 11.8 Å². The van der Waals surface area contributed by atoms with Crippen LogP contribution in [0.4, 0.5) is 9.59 Å². The number of aromatic nitrogens is 4. The van der Waals surface area contributed by atoms with Crippen LogP contribution in [-0.2, 0) is 35.1 Å². The van der Waals surface area contributed by atoms with Gasteiger partial charge in [-0.05, 0) is 60.1 Å². The van der Waals surface area contributed by atoms with Gasteiger partial charge in [0.05, 0.1) is 61.8 Å². The van der Waals surface area contributed by atoms with Crippen molar-refractivity contribution in [3.05, 3.63) is 59.7 Å². The predicted octanol–water partition coefficient (Wildman–Crippen LogP) is 5.62. The summed E-state index contributed by atoms with van der Waals surface area (Å²) in [6.07, 6.45) is 1.43. The molecule has 0 aliphatic carbocycles. The number of hydrogen-bond acceptors (Lipinski definition) is 10. The van der Waals surface area contributed by atoms with Gasteiger partial charge in [0.2, 0.25) is 11.8 Å². The summed E-state index contributed by atoms with van der Waals surface area (Å²) in [6.45, 7) is 9.89. The van der Waals surface area contributed by atoms with Gasteiger partial charge in [-0.2, -0.15) is 5.10 Å². The lowest BCUT2D eigenvalue weighted by Crippen LogP contribution is -2.51. The first-order chi connectivity index (χ1) is 27.9. The normalized spacial score (nSPS) is 20.7. The second kappa shape index (κ2) is 17.6. The van der Waals surface area contributed by atoms with E-state index in [2.05, 4.69) is 50.1 Å². The Bertz CT molecular complexity index is 2130. The predicted molar refractivity (Wildman–Crippen MR) is 214 cm³/mol.